The molecule has 0 saturated carbocycles. The van der Waals surface area contributed by atoms with Gasteiger partial charge in [-0.25, -0.2) is 5.14 Å². The van der Waals surface area contributed by atoms with Crippen LogP contribution >= 0.6 is 0 Å². The number of nitrogens with one attached hydrogen (secondary N) is 1. The van der Waals surface area contributed by atoms with Crippen molar-refractivity contribution in [3.63, 3.8) is 0 Å². The minimum atomic E-state index is -3.87. The molecule has 1 aromatic rings. The fourth-order valence-electron chi connectivity index (χ4n) is 0.878. The zero-order valence-electron chi connectivity index (χ0n) is 7.39. The SMILES string of the molecule is COc1ccc(NS(N)(=O)=O)c(O)c1. The third kappa shape index (κ3) is 2.79. The van der Waals surface area contributed by atoms with Gasteiger partial charge < -0.3 is 9.84 Å². The van der Waals surface area contributed by atoms with Crippen LogP contribution < -0.4 is 14.6 Å². The Hall–Kier alpha value is -1.47. The molecule has 0 spiro atoms. The molecule has 0 aliphatic rings. The molecule has 0 amide bonds. The highest BCUT2D eigenvalue weighted by Gasteiger charge is 2.07. The topological polar surface area (TPSA) is 102 Å². The molecule has 1 aromatic carbocycles. The Bertz CT molecular complexity index is 429. The molecule has 0 fully saturated rings. The van der Waals surface area contributed by atoms with Gasteiger partial charge in [0.2, 0.25) is 0 Å². The zero-order valence-corrected chi connectivity index (χ0v) is 8.21. The quantitative estimate of drug-likeness (QED) is 0.622. The lowest BCUT2D eigenvalue weighted by atomic mass is 10.3. The third-order valence-electron chi connectivity index (χ3n) is 1.46. The van der Waals surface area contributed by atoms with E-state index >= 15 is 0 Å². The zero-order chi connectivity index (χ0) is 10.8. The molecule has 7 heteroatoms. The normalized spacial score (nSPS) is 11.0. The van der Waals surface area contributed by atoms with Gasteiger partial charge in [-0.15, -0.1) is 0 Å². The lowest BCUT2D eigenvalue weighted by molar-refractivity contribution is 0.408. The van der Waals surface area contributed by atoms with Crippen molar-refractivity contribution in [1.29, 1.82) is 0 Å². The van der Waals surface area contributed by atoms with E-state index in [0.29, 0.717) is 5.75 Å². The van der Waals surface area contributed by atoms with Gasteiger partial charge in [0.15, 0.2) is 0 Å². The standard InChI is InChI=1S/C7H10N2O4S/c1-13-5-2-3-6(7(10)4-5)9-14(8,11)12/h2-4,9-10H,1H3,(H2,8,11,12). The van der Waals surface area contributed by atoms with Gasteiger partial charge in [-0.3, -0.25) is 4.72 Å². The number of phenols is 1. The highest BCUT2D eigenvalue weighted by molar-refractivity contribution is 7.90. The Labute approximate surface area is 81.5 Å². The number of methoxy groups -OCH3 is 1. The lowest BCUT2D eigenvalue weighted by Crippen LogP contribution is -2.21. The second kappa shape index (κ2) is 3.72. The van der Waals surface area contributed by atoms with E-state index in [1.54, 1.807) is 0 Å². The summed E-state index contributed by atoms with van der Waals surface area (Å²) in [5.41, 5.74) is 0.00769. The highest BCUT2D eigenvalue weighted by atomic mass is 32.2. The van der Waals surface area contributed by atoms with Crippen molar-refractivity contribution in [2.24, 2.45) is 5.14 Å². The number of anilines is 1. The Morgan fingerprint density at radius 3 is 2.57 bits per heavy atom. The molecule has 0 saturated heterocycles. The molecule has 0 bridgehead atoms. The molecular weight excluding hydrogens is 208 g/mol. The van der Waals surface area contributed by atoms with E-state index in [-0.39, 0.29) is 11.4 Å². The maximum atomic E-state index is 10.6. The molecule has 0 aliphatic heterocycles. The fourth-order valence-corrected chi connectivity index (χ4v) is 1.36. The Morgan fingerprint density at radius 2 is 2.14 bits per heavy atom. The summed E-state index contributed by atoms with van der Waals surface area (Å²) in [5, 5.41) is 14.0. The van der Waals surface area contributed by atoms with E-state index in [0.717, 1.165) is 0 Å². The van der Waals surface area contributed by atoms with E-state index < -0.39 is 10.2 Å². The predicted octanol–water partition coefficient (Wildman–Crippen LogP) is 0.0162. The number of hydrogen-bond acceptors (Lipinski definition) is 4. The summed E-state index contributed by atoms with van der Waals surface area (Å²) in [7, 11) is -2.44. The van der Waals surface area contributed by atoms with Crippen molar-refractivity contribution in [1.82, 2.24) is 0 Å². The maximum Gasteiger partial charge on any atom is 0.296 e. The Kier molecular flexibility index (Phi) is 2.82. The van der Waals surface area contributed by atoms with Crippen LogP contribution in [-0.2, 0) is 10.2 Å². The average molecular weight is 218 g/mol. The van der Waals surface area contributed by atoms with Crippen LogP contribution in [0, 0.1) is 0 Å². The first-order valence-corrected chi connectivity index (χ1v) is 5.14. The molecule has 0 radical (unpaired) electrons. The summed E-state index contributed by atoms with van der Waals surface area (Å²) < 4.78 is 28.0. The van der Waals surface area contributed by atoms with Gasteiger partial charge in [-0.05, 0) is 12.1 Å². The monoisotopic (exact) mass is 218 g/mol. The van der Waals surface area contributed by atoms with E-state index in [2.05, 4.69) is 0 Å². The third-order valence-corrected chi connectivity index (χ3v) is 1.96. The molecule has 78 valence electrons. The van der Waals surface area contributed by atoms with Crippen molar-refractivity contribution in [2.75, 3.05) is 11.8 Å². The van der Waals surface area contributed by atoms with Gasteiger partial charge >= 0.3 is 0 Å². The number of benzene rings is 1. The summed E-state index contributed by atoms with van der Waals surface area (Å²) in [6, 6.07) is 4.11. The van der Waals surface area contributed by atoms with Crippen LogP contribution in [0.15, 0.2) is 18.2 Å². The van der Waals surface area contributed by atoms with Crippen LogP contribution in [0.2, 0.25) is 0 Å². The van der Waals surface area contributed by atoms with Crippen molar-refractivity contribution in [3.05, 3.63) is 18.2 Å². The molecular formula is C7H10N2O4S. The molecule has 0 atom stereocenters. The summed E-state index contributed by atoms with van der Waals surface area (Å²) in [4.78, 5) is 0. The number of nitrogens with two attached hydrogens (primary N) is 1. The van der Waals surface area contributed by atoms with Crippen LogP contribution in [0.5, 0.6) is 11.5 Å². The number of rotatable bonds is 3. The second-order valence-electron chi connectivity index (χ2n) is 2.53. The van der Waals surface area contributed by atoms with Crippen molar-refractivity contribution in [2.45, 2.75) is 0 Å². The first kappa shape index (κ1) is 10.6. The summed E-state index contributed by atoms with van der Waals surface area (Å²) >= 11 is 0. The molecule has 14 heavy (non-hydrogen) atoms. The van der Waals surface area contributed by atoms with Gasteiger partial charge in [-0.2, -0.15) is 8.42 Å². The molecule has 1 rings (SSSR count). The van der Waals surface area contributed by atoms with Gasteiger partial charge in [0, 0.05) is 6.07 Å². The van der Waals surface area contributed by atoms with Crippen molar-refractivity contribution >= 4 is 15.9 Å². The van der Waals surface area contributed by atoms with Crippen LogP contribution in [-0.4, -0.2) is 20.6 Å². The van der Waals surface area contributed by atoms with Crippen molar-refractivity contribution in [3.8, 4) is 11.5 Å². The molecule has 0 aromatic heterocycles. The molecule has 4 N–H and O–H groups in total. The summed E-state index contributed by atoms with van der Waals surface area (Å²) in [6.07, 6.45) is 0. The number of phenolic OH excluding ortho intramolecular Hbond substituents is 1. The number of aromatic hydroxyl groups is 1. The van der Waals surface area contributed by atoms with E-state index in [4.69, 9.17) is 9.88 Å². The summed E-state index contributed by atoms with van der Waals surface area (Å²) in [5.74, 6) is 0.167. The smallest absolute Gasteiger partial charge is 0.296 e. The van der Waals surface area contributed by atoms with Gasteiger partial charge in [0.1, 0.15) is 11.5 Å². The second-order valence-corrected chi connectivity index (χ2v) is 3.82. The van der Waals surface area contributed by atoms with Crippen LogP contribution in [0.25, 0.3) is 0 Å². The van der Waals surface area contributed by atoms with E-state index in [1.165, 1.54) is 25.3 Å². The molecule has 0 heterocycles. The first-order valence-electron chi connectivity index (χ1n) is 3.60. The minimum absolute atomic E-state index is 0.00769. The van der Waals surface area contributed by atoms with Gasteiger partial charge in [0.25, 0.3) is 10.2 Å². The highest BCUT2D eigenvalue weighted by Crippen LogP contribution is 2.27. The van der Waals surface area contributed by atoms with Crippen LogP contribution in [0.4, 0.5) is 5.69 Å². The lowest BCUT2D eigenvalue weighted by Gasteiger charge is -2.07. The molecule has 6 nitrogen and oxygen atoms in total. The average Bonchev–Trinajstić information content (AvgIpc) is 2.06. The Balaban J connectivity index is 3.01. The van der Waals surface area contributed by atoms with Gasteiger partial charge in [0.05, 0.1) is 12.8 Å². The van der Waals surface area contributed by atoms with E-state index in [1.807, 2.05) is 4.72 Å². The largest absolute Gasteiger partial charge is 0.506 e. The molecule has 0 aliphatic carbocycles. The van der Waals surface area contributed by atoms with E-state index in [9.17, 15) is 13.5 Å². The summed E-state index contributed by atoms with van der Waals surface area (Å²) in [6.45, 7) is 0. The number of hydrogen-bond donors (Lipinski definition) is 3. The fraction of sp³-hybridized carbons (Fsp3) is 0.143. The Morgan fingerprint density at radius 1 is 1.50 bits per heavy atom. The first-order chi connectivity index (χ1) is 6.42. The van der Waals surface area contributed by atoms with Crippen molar-refractivity contribution < 1.29 is 18.3 Å². The van der Waals surface area contributed by atoms with Crippen LogP contribution in [0.1, 0.15) is 0 Å². The minimum Gasteiger partial charge on any atom is -0.506 e. The predicted molar refractivity (Wildman–Crippen MR) is 51.4 cm³/mol. The molecule has 0 unspecified atom stereocenters. The maximum absolute atomic E-state index is 10.6. The number of ether oxygens (including phenoxy) is 1. The van der Waals surface area contributed by atoms with Gasteiger partial charge in [-0.1, -0.05) is 0 Å². The van der Waals surface area contributed by atoms with Crippen LogP contribution in [0.3, 0.4) is 0 Å².